The van der Waals surface area contributed by atoms with Crippen LogP contribution >= 0.6 is 0 Å². The molecule has 10 nitrogen and oxygen atoms in total. The minimum atomic E-state index is -6.09. The van der Waals surface area contributed by atoms with Crippen molar-refractivity contribution >= 4 is 31.6 Å². The van der Waals surface area contributed by atoms with Gasteiger partial charge in [-0.25, -0.2) is 26.8 Å². The number of nitrogens with one attached hydrogen (secondary N) is 2. The lowest BCUT2D eigenvalue weighted by atomic mass is 9.85. The number of hydrogen-bond acceptors (Lipinski definition) is 8. The van der Waals surface area contributed by atoms with Crippen molar-refractivity contribution in [1.29, 1.82) is 0 Å². The maximum Gasteiger partial charge on any atom is 0.485 e. The molecule has 0 aliphatic carbocycles. The van der Waals surface area contributed by atoms with E-state index >= 15 is 0 Å². The molecular formula is C34H58F6N4O6S2. The third kappa shape index (κ3) is 14.6. The molecule has 0 saturated carbocycles. The van der Waals surface area contributed by atoms with Gasteiger partial charge in [-0.05, 0) is 24.7 Å². The predicted octanol–water partition coefficient (Wildman–Crippen LogP) is 7.78. The second-order valence-electron chi connectivity index (χ2n) is 14.3. The van der Waals surface area contributed by atoms with Crippen molar-refractivity contribution in [2.24, 2.45) is 0 Å². The fourth-order valence-electron chi connectivity index (χ4n) is 5.52. The SMILES string of the molecule is CC(C)c1[nH+]c(C(C)C)c(C(C)C)c(N(C)C)c1C(C)C.Cc1[nH+]c(C)c(C(C)C)c(N(C)C)c1C.O=S(=O)([O-])C(F)(F)F.O=S(=O)([O-])C(F)(F)F. The van der Waals surface area contributed by atoms with Crippen LogP contribution in [0.2, 0.25) is 0 Å². The van der Waals surface area contributed by atoms with Gasteiger partial charge in [0.1, 0.15) is 0 Å². The lowest BCUT2D eigenvalue weighted by Crippen LogP contribution is -2.29. The lowest BCUT2D eigenvalue weighted by Gasteiger charge is -2.27. The molecule has 0 spiro atoms. The van der Waals surface area contributed by atoms with Crippen LogP contribution in [0.4, 0.5) is 37.7 Å². The van der Waals surface area contributed by atoms with Gasteiger partial charge >= 0.3 is 11.0 Å². The minimum absolute atomic E-state index is 0.514. The molecule has 304 valence electrons. The van der Waals surface area contributed by atoms with Gasteiger partial charge in [0.15, 0.2) is 43.0 Å². The predicted molar refractivity (Wildman–Crippen MR) is 191 cm³/mol. The monoisotopic (exact) mass is 796 g/mol. The van der Waals surface area contributed by atoms with Crippen molar-refractivity contribution in [3.63, 3.8) is 0 Å². The van der Waals surface area contributed by atoms with Crippen LogP contribution in [0.15, 0.2) is 0 Å². The smallest absolute Gasteiger partial charge is 0.485 e. The van der Waals surface area contributed by atoms with Crippen LogP contribution in [-0.2, 0) is 20.2 Å². The molecule has 0 radical (unpaired) electrons. The van der Waals surface area contributed by atoms with Crippen LogP contribution in [0.25, 0.3) is 0 Å². The summed E-state index contributed by atoms with van der Waals surface area (Å²) in [5.74, 6) is 2.63. The molecule has 0 unspecified atom stereocenters. The Morgan fingerprint density at radius 3 is 0.962 bits per heavy atom. The average Bonchev–Trinajstić information content (AvgIpc) is 2.91. The van der Waals surface area contributed by atoms with Gasteiger partial charge in [-0.3, -0.25) is 0 Å². The van der Waals surface area contributed by atoms with Crippen molar-refractivity contribution < 1.29 is 62.3 Å². The Kier molecular flexibility index (Phi) is 19.4. The molecule has 0 aromatic carbocycles. The van der Waals surface area contributed by atoms with Gasteiger partial charge in [0, 0.05) is 76.1 Å². The summed E-state index contributed by atoms with van der Waals surface area (Å²) in [5, 5.41) is 0. The van der Waals surface area contributed by atoms with E-state index in [4.69, 9.17) is 25.9 Å². The number of rotatable bonds is 7. The van der Waals surface area contributed by atoms with Crippen LogP contribution in [0, 0.1) is 20.8 Å². The van der Waals surface area contributed by atoms with E-state index in [9.17, 15) is 26.3 Å². The van der Waals surface area contributed by atoms with E-state index in [1.54, 1.807) is 0 Å². The summed E-state index contributed by atoms with van der Waals surface area (Å²) < 4.78 is 118. The Morgan fingerprint density at radius 2 is 0.769 bits per heavy atom. The number of anilines is 2. The summed E-state index contributed by atoms with van der Waals surface area (Å²) in [7, 11) is -3.58. The van der Waals surface area contributed by atoms with Crippen LogP contribution in [0.3, 0.4) is 0 Å². The van der Waals surface area contributed by atoms with Gasteiger partial charge in [-0.15, -0.1) is 0 Å². The molecule has 18 heteroatoms. The number of hydrogen-bond donors (Lipinski definition) is 0. The van der Waals surface area contributed by atoms with Gasteiger partial charge in [-0.1, -0.05) is 69.2 Å². The van der Waals surface area contributed by atoms with E-state index in [0.717, 1.165) is 0 Å². The first kappa shape index (κ1) is 51.4. The van der Waals surface area contributed by atoms with E-state index in [-0.39, 0.29) is 0 Å². The lowest BCUT2D eigenvalue weighted by molar-refractivity contribution is -0.407. The third-order valence-electron chi connectivity index (χ3n) is 7.66. The molecule has 2 heterocycles. The van der Waals surface area contributed by atoms with E-state index in [1.165, 1.54) is 56.4 Å². The third-order valence-corrected chi connectivity index (χ3v) is 8.79. The van der Waals surface area contributed by atoms with E-state index in [0.29, 0.717) is 29.6 Å². The topological polar surface area (TPSA) is 149 Å². The second-order valence-corrected chi connectivity index (χ2v) is 17.0. The summed E-state index contributed by atoms with van der Waals surface area (Å²) in [4.78, 5) is 11.8. The quantitative estimate of drug-likeness (QED) is 0.157. The maximum absolute atomic E-state index is 10.7. The molecule has 2 aromatic rings. The summed E-state index contributed by atoms with van der Waals surface area (Å²) in [6.45, 7) is 29.4. The van der Waals surface area contributed by atoms with E-state index in [1.807, 2.05) is 0 Å². The van der Waals surface area contributed by atoms with Gasteiger partial charge in [0.2, 0.25) is 0 Å². The van der Waals surface area contributed by atoms with Crippen molar-refractivity contribution in [3.8, 4) is 0 Å². The number of nitrogens with zero attached hydrogens (tertiary/aromatic N) is 2. The van der Waals surface area contributed by atoms with Crippen molar-refractivity contribution in [3.05, 3.63) is 45.0 Å². The van der Waals surface area contributed by atoms with Gasteiger partial charge in [0.25, 0.3) is 0 Å². The Morgan fingerprint density at radius 1 is 0.500 bits per heavy atom. The molecule has 0 bridgehead atoms. The number of aromatic amines is 2. The van der Waals surface area contributed by atoms with Gasteiger partial charge in [0.05, 0.1) is 11.4 Å². The molecule has 0 aliphatic heterocycles. The van der Waals surface area contributed by atoms with Crippen molar-refractivity contribution in [2.75, 3.05) is 38.0 Å². The zero-order valence-corrected chi connectivity index (χ0v) is 34.9. The molecular weight excluding hydrogens is 739 g/mol. The Bertz CT molecular complexity index is 1610. The van der Waals surface area contributed by atoms with E-state index in [2.05, 4.69) is 138 Å². The largest absolute Gasteiger partial charge is 0.741 e. The fraction of sp³-hybridized carbons (Fsp3) is 0.706. The molecule has 2 rings (SSSR count). The first-order valence-corrected chi connectivity index (χ1v) is 19.3. The molecule has 0 aliphatic rings. The standard InChI is InChI=1S/C19H34N2.C13H22N2.2CHF3O3S/c1-11(2)15-17(13(5)6)20-18(14(7)8)16(12(3)4)19(15)21(9)10;1-8(2)12-11(5)14-10(4)9(3)13(12)15(6)7;2*2-1(3,4)8(5,6)7/h11-14H,1-10H3;8H,1-7H3;2*(H,5,6,7). The highest BCUT2D eigenvalue weighted by Crippen LogP contribution is 2.40. The molecule has 0 atom stereocenters. The van der Waals surface area contributed by atoms with Crippen molar-refractivity contribution in [1.82, 2.24) is 0 Å². The van der Waals surface area contributed by atoms with Gasteiger partial charge < -0.3 is 18.9 Å². The highest BCUT2D eigenvalue weighted by molar-refractivity contribution is 7.86. The molecule has 52 heavy (non-hydrogen) atoms. The second kappa shape index (κ2) is 19.6. The van der Waals surface area contributed by atoms with Crippen LogP contribution in [0.1, 0.15) is 144 Å². The number of aryl methyl sites for hydroxylation is 2. The Balaban J connectivity index is 0. The molecule has 2 aromatic heterocycles. The summed E-state index contributed by atoms with van der Waals surface area (Å²) >= 11 is 0. The zero-order chi connectivity index (χ0) is 42.2. The number of aromatic nitrogens is 2. The van der Waals surface area contributed by atoms with Crippen LogP contribution < -0.4 is 19.8 Å². The summed E-state index contributed by atoms with van der Waals surface area (Å²) in [5.41, 5.74) is 2.65. The average molecular weight is 797 g/mol. The fourth-order valence-corrected chi connectivity index (χ4v) is 5.52. The zero-order valence-electron chi connectivity index (χ0n) is 33.3. The molecule has 0 saturated heterocycles. The first-order chi connectivity index (χ1) is 22.9. The maximum atomic E-state index is 10.7. The van der Waals surface area contributed by atoms with Crippen LogP contribution in [0.5, 0.6) is 0 Å². The minimum Gasteiger partial charge on any atom is -0.741 e. The Labute approximate surface area is 306 Å². The summed E-state index contributed by atoms with van der Waals surface area (Å²) in [6.07, 6.45) is 0. The normalized spacial score (nSPS) is 12.3. The van der Waals surface area contributed by atoms with Crippen LogP contribution in [-0.4, -0.2) is 65.1 Å². The van der Waals surface area contributed by atoms with Crippen molar-refractivity contribution in [2.45, 2.75) is 131 Å². The van der Waals surface area contributed by atoms with Gasteiger partial charge in [-0.2, -0.15) is 26.3 Å². The summed E-state index contributed by atoms with van der Waals surface area (Å²) in [6, 6.07) is 0. The first-order valence-electron chi connectivity index (χ1n) is 16.5. The molecule has 2 N–H and O–H groups in total. The highest BCUT2D eigenvalue weighted by atomic mass is 32.2. The number of H-pyrrole nitrogens is 2. The highest BCUT2D eigenvalue weighted by Gasteiger charge is 2.37. The number of alkyl halides is 6. The number of halogens is 6. The molecule has 0 fully saturated rings. The Hall–Kier alpha value is -2.70. The van der Waals surface area contributed by atoms with E-state index < -0.39 is 31.3 Å². The molecule has 0 amide bonds. The number of pyridine rings is 2.